The summed E-state index contributed by atoms with van der Waals surface area (Å²) in [7, 11) is 0. The summed E-state index contributed by atoms with van der Waals surface area (Å²) < 4.78 is 0. The number of benzene rings is 4. The predicted octanol–water partition coefficient (Wildman–Crippen LogP) is 13.9. The minimum absolute atomic E-state index is 0. The van der Waals surface area contributed by atoms with E-state index in [1.54, 1.807) is 0 Å². The Morgan fingerprint density at radius 3 is 0.811 bits per heavy atom. The molecule has 0 saturated heterocycles. The molecule has 0 spiro atoms. The Bertz CT molecular complexity index is 2440. The molecule has 8 bridgehead atoms. The Labute approximate surface area is 336 Å². The van der Waals surface area contributed by atoms with Gasteiger partial charge in [-0.15, -0.1) is 0 Å². The third kappa shape index (κ3) is 6.77. The molecule has 2 N–H and O–H groups in total. The van der Waals surface area contributed by atoms with Crippen molar-refractivity contribution < 1.29 is 17.1 Å². The number of rotatable bonds is 4. The zero-order valence-corrected chi connectivity index (χ0v) is 31.5. The Balaban J connectivity index is 0.00000400. The fourth-order valence-electron chi connectivity index (χ4n) is 7.00. The smallest absolute Gasteiger partial charge is 0.0737 e. The zero-order valence-electron chi connectivity index (χ0n) is 27.6. The first-order valence-corrected chi connectivity index (χ1v) is 18.1. The molecule has 9 heteroatoms. The number of hydrogen-bond donors (Lipinski definition) is 2. The normalized spacial score (nSPS) is 11.8. The number of nitrogens with one attached hydrogen (secondary N) is 2. The van der Waals surface area contributed by atoms with E-state index in [4.69, 9.17) is 56.4 Å². The molecule has 2 aliphatic heterocycles. The Morgan fingerprint density at radius 2 is 0.585 bits per heavy atom. The maximum atomic E-state index is 6.59. The predicted molar refractivity (Wildman–Crippen MR) is 221 cm³/mol. The molecule has 3 aromatic heterocycles. The minimum Gasteiger partial charge on any atom is -0.354 e. The van der Waals surface area contributed by atoms with Crippen molar-refractivity contribution in [3.05, 3.63) is 164 Å². The minimum atomic E-state index is 0. The number of fused-ring (bicyclic) bond motifs is 8. The van der Waals surface area contributed by atoms with Gasteiger partial charge in [0.1, 0.15) is 0 Å². The molecule has 0 atom stereocenters. The van der Waals surface area contributed by atoms with E-state index in [1.807, 2.05) is 121 Å². The second kappa shape index (κ2) is 14.5. The van der Waals surface area contributed by atoms with Crippen LogP contribution >= 0.6 is 46.4 Å². The zero-order chi connectivity index (χ0) is 35.3. The molecule has 1 radical (unpaired) electrons. The molecule has 0 aliphatic carbocycles. The molecule has 53 heavy (non-hydrogen) atoms. The van der Waals surface area contributed by atoms with Crippen LogP contribution in [0.2, 0.25) is 20.1 Å². The summed E-state index contributed by atoms with van der Waals surface area (Å²) in [6.07, 6.45) is 8.20. The number of aromatic nitrogens is 4. The van der Waals surface area contributed by atoms with Crippen LogP contribution in [-0.2, 0) is 17.1 Å². The summed E-state index contributed by atoms with van der Waals surface area (Å²) in [5.41, 5.74) is 14.0. The first kappa shape index (κ1) is 35.2. The van der Waals surface area contributed by atoms with Gasteiger partial charge in [-0.1, -0.05) is 94.9 Å². The van der Waals surface area contributed by atoms with Gasteiger partial charge in [0.05, 0.1) is 22.8 Å². The van der Waals surface area contributed by atoms with Crippen LogP contribution in [0.3, 0.4) is 0 Å². The van der Waals surface area contributed by atoms with Gasteiger partial charge in [0.2, 0.25) is 0 Å². The molecular weight excluding hydrogens is 790 g/mol. The van der Waals surface area contributed by atoms with Gasteiger partial charge in [-0.25, -0.2) is 9.97 Å². The van der Waals surface area contributed by atoms with E-state index in [-0.39, 0.29) is 17.1 Å². The summed E-state index contributed by atoms with van der Waals surface area (Å²) in [5, 5.41) is 2.53. The van der Waals surface area contributed by atoms with E-state index >= 15 is 0 Å². The molecule has 0 unspecified atom stereocenters. The van der Waals surface area contributed by atoms with Crippen molar-refractivity contribution in [2.75, 3.05) is 0 Å². The van der Waals surface area contributed by atoms with Crippen LogP contribution in [0.1, 0.15) is 22.8 Å². The van der Waals surface area contributed by atoms with Crippen molar-refractivity contribution in [3.63, 3.8) is 0 Å². The van der Waals surface area contributed by atoms with E-state index in [1.165, 1.54) is 0 Å². The van der Waals surface area contributed by atoms with Gasteiger partial charge in [0.25, 0.3) is 0 Å². The van der Waals surface area contributed by atoms with Gasteiger partial charge in [0, 0.05) is 81.5 Å². The van der Waals surface area contributed by atoms with E-state index in [9.17, 15) is 0 Å². The number of H-pyrrole nitrogens is 2. The molecule has 7 aromatic rings. The average Bonchev–Trinajstić information content (AvgIpc) is 3.96. The number of aromatic amines is 2. The second-order valence-corrected chi connectivity index (χ2v) is 14.3. The Hall–Kier alpha value is -4.84. The van der Waals surface area contributed by atoms with Crippen molar-refractivity contribution in [2.24, 2.45) is 0 Å². The van der Waals surface area contributed by atoms with Crippen LogP contribution < -0.4 is 0 Å². The number of nitrogens with zero attached hydrogens (tertiary/aromatic N) is 2. The first-order chi connectivity index (χ1) is 25.4. The molecule has 9 rings (SSSR count). The van der Waals surface area contributed by atoms with Crippen molar-refractivity contribution in [3.8, 4) is 44.5 Å². The van der Waals surface area contributed by atoms with Gasteiger partial charge in [0.15, 0.2) is 0 Å². The van der Waals surface area contributed by atoms with Crippen molar-refractivity contribution in [2.45, 2.75) is 0 Å². The molecule has 5 heterocycles. The SMILES string of the molecule is Clc1cccc(-c2c3nc(c(-c4cccc(Cl)c4)c4ccc([nH]4)c(-c4cccc(Cl)c4)c4nc(c(-c5cccc(Cl)c5)c5ccc2[nH]5)C=C4)C=C3)c1.[Cu]. The number of hydrogen-bond acceptors (Lipinski definition) is 2. The Kier molecular flexibility index (Phi) is 9.65. The average molecular weight is 816 g/mol. The molecule has 0 amide bonds. The maximum Gasteiger partial charge on any atom is 0.0737 e. The van der Waals surface area contributed by atoms with E-state index in [0.717, 1.165) is 89.4 Å². The van der Waals surface area contributed by atoms with Crippen LogP contribution in [0.15, 0.2) is 121 Å². The van der Waals surface area contributed by atoms with Gasteiger partial charge in [-0.05, 0) is 119 Å². The van der Waals surface area contributed by atoms with Gasteiger partial charge in [-0.2, -0.15) is 0 Å². The fraction of sp³-hybridized carbons (Fsp3) is 0. The summed E-state index contributed by atoms with van der Waals surface area (Å²) in [5.74, 6) is 0. The summed E-state index contributed by atoms with van der Waals surface area (Å²) in [6.45, 7) is 0. The molecule has 0 saturated carbocycles. The summed E-state index contributed by atoms with van der Waals surface area (Å²) >= 11 is 26.3. The second-order valence-electron chi connectivity index (χ2n) is 12.5. The fourth-order valence-corrected chi connectivity index (χ4v) is 7.76. The van der Waals surface area contributed by atoms with Crippen molar-refractivity contribution >= 4 is 92.8 Å². The van der Waals surface area contributed by atoms with E-state index in [2.05, 4.69) is 34.2 Å². The van der Waals surface area contributed by atoms with Gasteiger partial charge in [-0.3, -0.25) is 0 Å². The summed E-state index contributed by atoms with van der Waals surface area (Å²) in [4.78, 5) is 18.1. The molecule has 4 nitrogen and oxygen atoms in total. The van der Waals surface area contributed by atoms with Crippen LogP contribution in [0.5, 0.6) is 0 Å². The third-order valence-electron chi connectivity index (χ3n) is 9.21. The third-order valence-corrected chi connectivity index (χ3v) is 10.1. The molecule has 261 valence electrons. The largest absolute Gasteiger partial charge is 0.354 e. The standard InChI is InChI=1S/C44H26Cl4N4.Cu/c45-29-9-1-5-25(21-29)41-33-13-15-35(49-33)42(26-6-2-10-30(46)22-26)37-17-19-39(51-37)44(28-8-4-12-32(48)24-28)40-20-18-38(52-40)43(36-16-14-34(41)50-36)27-7-3-11-31(47)23-27;/h1-24,49,52H;. The van der Waals surface area contributed by atoms with Gasteiger partial charge >= 0.3 is 0 Å². The topological polar surface area (TPSA) is 57.4 Å². The van der Waals surface area contributed by atoms with Crippen molar-refractivity contribution in [1.29, 1.82) is 0 Å². The van der Waals surface area contributed by atoms with Crippen LogP contribution in [0, 0.1) is 0 Å². The van der Waals surface area contributed by atoms with Crippen molar-refractivity contribution in [1.82, 2.24) is 19.9 Å². The molecule has 4 aromatic carbocycles. The van der Waals surface area contributed by atoms with Crippen LogP contribution in [0.25, 0.3) is 90.9 Å². The molecule has 0 fully saturated rings. The van der Waals surface area contributed by atoms with Crippen LogP contribution in [-0.4, -0.2) is 19.9 Å². The van der Waals surface area contributed by atoms with Crippen LogP contribution in [0.4, 0.5) is 0 Å². The Morgan fingerprint density at radius 1 is 0.340 bits per heavy atom. The number of halogens is 4. The summed E-state index contributed by atoms with van der Waals surface area (Å²) in [6, 6.07) is 39.7. The van der Waals surface area contributed by atoms with E-state index in [0.29, 0.717) is 20.1 Å². The molecular formula is C44H26Cl4CuN4. The molecule has 2 aliphatic rings. The van der Waals surface area contributed by atoms with Gasteiger partial charge < -0.3 is 9.97 Å². The monoisotopic (exact) mass is 813 g/mol. The van der Waals surface area contributed by atoms with E-state index < -0.39 is 0 Å². The maximum absolute atomic E-state index is 6.59. The quantitative estimate of drug-likeness (QED) is 0.174. The first-order valence-electron chi connectivity index (χ1n) is 16.6.